The molecule has 124 valence electrons. The van der Waals surface area contributed by atoms with E-state index in [0.29, 0.717) is 16.2 Å². The number of nitrogens with two attached hydrogens (primary N) is 1. The van der Waals surface area contributed by atoms with E-state index in [0.717, 1.165) is 32.2 Å². The molecule has 0 atom stereocenters. The summed E-state index contributed by atoms with van der Waals surface area (Å²) in [5.41, 5.74) is 8.11. The summed E-state index contributed by atoms with van der Waals surface area (Å²) in [5.74, 6) is 0.670. The molecule has 1 aromatic carbocycles. The predicted octanol–water partition coefficient (Wildman–Crippen LogP) is 3.54. The molecule has 24 heavy (non-hydrogen) atoms. The fourth-order valence-corrected chi connectivity index (χ4v) is 5.61. The van der Waals surface area contributed by atoms with Gasteiger partial charge in [-0.25, -0.2) is 0 Å². The number of rotatable bonds is 2. The van der Waals surface area contributed by atoms with Crippen LogP contribution in [0.4, 0.5) is 10.5 Å². The van der Waals surface area contributed by atoms with Gasteiger partial charge in [0, 0.05) is 0 Å². The van der Waals surface area contributed by atoms with Crippen LogP contribution in [0.1, 0.15) is 19.3 Å². The summed E-state index contributed by atoms with van der Waals surface area (Å²) >= 11 is 9.02. The van der Waals surface area contributed by atoms with E-state index in [1.54, 1.807) is 0 Å². The van der Waals surface area contributed by atoms with Crippen molar-refractivity contribution >= 4 is 63.1 Å². The first-order valence-corrected chi connectivity index (χ1v) is 10.7. The van der Waals surface area contributed by atoms with Gasteiger partial charge in [-0.15, -0.1) is 0 Å². The fraction of sp³-hybridized carbons (Fsp3) is 0.312. The summed E-state index contributed by atoms with van der Waals surface area (Å²) in [5, 5.41) is 0. The zero-order valence-electron chi connectivity index (χ0n) is 12.9. The van der Waals surface area contributed by atoms with Gasteiger partial charge in [0.25, 0.3) is 0 Å². The number of fused-ring (bicyclic) bond motifs is 1. The predicted molar refractivity (Wildman–Crippen MR) is 105 cm³/mol. The number of nitrogens with zero attached hydrogens (tertiary/aromatic N) is 4. The minimum atomic E-state index is 0.0872. The van der Waals surface area contributed by atoms with E-state index >= 15 is 0 Å². The zero-order valence-corrected chi connectivity index (χ0v) is 17.0. The third-order valence-corrected chi connectivity index (χ3v) is 7.34. The summed E-state index contributed by atoms with van der Waals surface area (Å²) in [4.78, 5) is 11.7. The van der Waals surface area contributed by atoms with Crippen molar-refractivity contribution in [3.63, 3.8) is 0 Å². The van der Waals surface area contributed by atoms with Gasteiger partial charge in [0.2, 0.25) is 0 Å². The summed E-state index contributed by atoms with van der Waals surface area (Å²) in [7, 11) is 0. The topological polar surface area (TPSA) is 60.0 Å². The molecule has 1 saturated heterocycles. The monoisotopic (exact) mass is 469 g/mol. The van der Waals surface area contributed by atoms with E-state index in [1.165, 1.54) is 19.3 Å². The molecule has 4 rings (SSSR count). The molecule has 0 amide bonds. The van der Waals surface area contributed by atoms with Gasteiger partial charge in [0.05, 0.1) is 0 Å². The number of benzene rings is 1. The Labute approximate surface area is 159 Å². The van der Waals surface area contributed by atoms with E-state index in [4.69, 9.17) is 22.9 Å². The van der Waals surface area contributed by atoms with Crippen molar-refractivity contribution < 1.29 is 0 Å². The van der Waals surface area contributed by atoms with Crippen LogP contribution in [-0.4, -0.2) is 42.1 Å². The van der Waals surface area contributed by atoms with Crippen molar-refractivity contribution in [3.8, 4) is 5.69 Å². The third-order valence-electron chi connectivity index (χ3n) is 4.18. The summed E-state index contributed by atoms with van der Waals surface area (Å²) in [6.45, 7) is 2.17. The van der Waals surface area contributed by atoms with Crippen molar-refractivity contribution in [2.75, 3.05) is 23.7 Å². The number of anilines is 2. The summed E-state index contributed by atoms with van der Waals surface area (Å²) < 4.78 is 5.49. The van der Waals surface area contributed by atoms with Gasteiger partial charge >= 0.3 is 160 Å². The molecule has 0 aliphatic carbocycles. The Balaban J connectivity index is 1.84. The van der Waals surface area contributed by atoms with Crippen LogP contribution in [-0.2, 0) is 0 Å². The first-order chi connectivity index (χ1) is 11.6. The minimum absolute atomic E-state index is 0.0872. The zero-order chi connectivity index (χ0) is 16.7. The summed E-state index contributed by atoms with van der Waals surface area (Å²) in [6, 6.07) is 7.92. The molecule has 2 N–H and O–H groups in total. The van der Waals surface area contributed by atoms with E-state index < -0.39 is 0 Å². The molecule has 5 nitrogen and oxygen atoms in total. The Morgan fingerprint density at radius 2 is 1.79 bits per heavy atom. The van der Waals surface area contributed by atoms with Crippen LogP contribution in [0.15, 0.2) is 28.7 Å². The second-order valence-electron chi connectivity index (χ2n) is 5.79. The molecule has 0 bridgehead atoms. The second kappa shape index (κ2) is 6.59. The van der Waals surface area contributed by atoms with Crippen molar-refractivity contribution in [2.45, 2.75) is 19.3 Å². The molecule has 0 radical (unpaired) electrons. The molecule has 8 heteroatoms. The van der Waals surface area contributed by atoms with Gasteiger partial charge in [-0.2, -0.15) is 0 Å². The van der Waals surface area contributed by atoms with E-state index in [1.807, 2.05) is 28.8 Å². The van der Waals surface area contributed by atoms with Gasteiger partial charge in [0.1, 0.15) is 0 Å². The third kappa shape index (κ3) is 2.92. The maximum absolute atomic E-state index is 6.47. The molecule has 1 fully saturated rings. The van der Waals surface area contributed by atoms with Crippen LogP contribution in [0.2, 0.25) is 0 Å². The average molecular weight is 469 g/mol. The van der Waals surface area contributed by atoms with Crippen molar-refractivity contribution in [1.29, 1.82) is 0 Å². The fourth-order valence-electron chi connectivity index (χ4n) is 2.95. The van der Waals surface area contributed by atoms with Crippen LogP contribution in [0, 0.1) is 4.77 Å². The molecule has 1 aliphatic rings. The van der Waals surface area contributed by atoms with E-state index in [9.17, 15) is 0 Å². The van der Waals surface area contributed by atoms with Crippen molar-refractivity contribution in [3.05, 3.63) is 33.5 Å². The quantitative estimate of drug-likeness (QED) is 0.460. The molecular formula is C16H16BrN5SSe. The molecular weight excluding hydrogens is 453 g/mol. The number of hydrogen-bond acceptors (Lipinski definition) is 5. The normalized spacial score (nSPS) is 15.1. The Hall–Kier alpha value is -1.21. The van der Waals surface area contributed by atoms with Gasteiger partial charge in [-0.05, 0) is 0 Å². The number of halogens is 1. The van der Waals surface area contributed by atoms with Gasteiger partial charge < -0.3 is 0 Å². The Morgan fingerprint density at radius 1 is 1.08 bits per heavy atom. The SMILES string of the molecule is Nc1c2[se]c(N3CCCCC3)nc2nc(=S)n1-c1ccc(Br)cc1. The maximum atomic E-state index is 6.47. The van der Waals surface area contributed by atoms with Crippen LogP contribution < -0.4 is 10.6 Å². The Kier molecular flexibility index (Phi) is 4.47. The Morgan fingerprint density at radius 3 is 2.50 bits per heavy atom. The Bertz CT molecular complexity index is 943. The van der Waals surface area contributed by atoms with Crippen LogP contribution >= 0.6 is 28.1 Å². The van der Waals surface area contributed by atoms with Crippen molar-refractivity contribution in [2.24, 2.45) is 0 Å². The van der Waals surface area contributed by atoms with Crippen LogP contribution in [0.5, 0.6) is 0 Å². The first kappa shape index (κ1) is 16.3. The molecule has 0 spiro atoms. The van der Waals surface area contributed by atoms with E-state index in [-0.39, 0.29) is 14.5 Å². The van der Waals surface area contributed by atoms with Gasteiger partial charge in [-0.1, -0.05) is 0 Å². The molecule has 2 aromatic heterocycles. The van der Waals surface area contributed by atoms with Crippen molar-refractivity contribution in [1.82, 2.24) is 14.5 Å². The molecule has 1 aliphatic heterocycles. The van der Waals surface area contributed by atoms with Gasteiger partial charge in [-0.3, -0.25) is 0 Å². The number of nitrogen functional groups attached to an aromatic ring is 1. The average Bonchev–Trinajstić information content (AvgIpc) is 3.02. The molecule has 0 saturated carbocycles. The van der Waals surface area contributed by atoms with E-state index in [2.05, 4.69) is 25.8 Å². The number of hydrogen-bond donors (Lipinski definition) is 1. The molecule has 0 unspecified atom stereocenters. The second-order valence-corrected chi connectivity index (χ2v) is 9.12. The standard InChI is InChI=1S/C16H16BrN5SSe/c17-10-4-6-11(7-5-10)22-13(18)12-14(19-15(22)23)20-16(24-12)21-8-2-1-3-9-21/h4-7H,1-3,8-9,18H2. The van der Waals surface area contributed by atoms with Gasteiger partial charge in [0.15, 0.2) is 0 Å². The molecule has 3 heterocycles. The first-order valence-electron chi connectivity index (χ1n) is 7.83. The van der Waals surface area contributed by atoms with Crippen LogP contribution in [0.3, 0.4) is 0 Å². The number of aromatic nitrogens is 3. The molecule has 3 aromatic rings. The summed E-state index contributed by atoms with van der Waals surface area (Å²) in [6.07, 6.45) is 3.78. The van der Waals surface area contributed by atoms with Crippen LogP contribution in [0.25, 0.3) is 15.6 Å². The number of piperidine rings is 1.